The average molecular weight is 420 g/mol. The minimum absolute atomic E-state index is 0.0442. The maximum Gasteiger partial charge on any atom is 0.174 e. The van der Waals surface area contributed by atoms with E-state index in [1.54, 1.807) is 19.1 Å². The Labute approximate surface area is 175 Å². The van der Waals surface area contributed by atoms with Crippen LogP contribution < -0.4 is 0 Å². The van der Waals surface area contributed by atoms with Crippen molar-refractivity contribution in [2.75, 3.05) is 20.1 Å². The van der Waals surface area contributed by atoms with Crippen molar-refractivity contribution in [2.45, 2.75) is 38.1 Å². The maximum absolute atomic E-state index is 13.0. The Morgan fingerprint density at radius 2 is 2.00 bits per heavy atom. The van der Waals surface area contributed by atoms with E-state index in [-0.39, 0.29) is 35.2 Å². The fourth-order valence-corrected chi connectivity index (χ4v) is 5.18. The molecule has 0 amide bonds. The van der Waals surface area contributed by atoms with Gasteiger partial charge in [0, 0.05) is 23.0 Å². The van der Waals surface area contributed by atoms with E-state index < -0.39 is 23.7 Å². The second-order valence-electron chi connectivity index (χ2n) is 8.46. The molecule has 1 aromatic rings. The van der Waals surface area contributed by atoms with Gasteiger partial charge in [-0.05, 0) is 39.1 Å². The van der Waals surface area contributed by atoms with Gasteiger partial charge in [-0.1, -0.05) is 29.8 Å². The number of rotatable bonds is 2. The van der Waals surface area contributed by atoms with E-state index in [1.807, 2.05) is 24.1 Å². The third kappa shape index (κ3) is 3.28. The summed E-state index contributed by atoms with van der Waals surface area (Å²) in [5.74, 6) is -0.610. The van der Waals surface area contributed by atoms with Crippen LogP contribution in [0.1, 0.15) is 31.4 Å². The molecule has 4 rings (SSSR count). The lowest BCUT2D eigenvalue weighted by Crippen LogP contribution is -2.54. The van der Waals surface area contributed by atoms with E-state index >= 15 is 0 Å². The Kier molecular flexibility index (Phi) is 5.23. The number of carbonyl (C=O) groups is 1. The minimum Gasteiger partial charge on any atom is -0.507 e. The summed E-state index contributed by atoms with van der Waals surface area (Å²) >= 11 is 6.33. The summed E-state index contributed by atoms with van der Waals surface area (Å²) in [4.78, 5) is 15.0. The number of Topliss-reactive ketones (excluding diaryl/α,β-unsaturated/α-hetero) is 1. The number of benzene rings is 1. The number of carbonyl (C=O) groups excluding carboxylic acids is 1. The molecule has 2 aliphatic heterocycles. The first-order valence-corrected chi connectivity index (χ1v) is 10.3. The lowest BCUT2D eigenvalue weighted by molar-refractivity contribution is -0.126. The van der Waals surface area contributed by atoms with Crippen LogP contribution in [0.15, 0.2) is 47.4 Å². The molecule has 6 nitrogen and oxygen atoms in total. The molecule has 2 heterocycles. The normalized spacial score (nSPS) is 35.8. The number of hydrogen-bond acceptors (Lipinski definition) is 6. The summed E-state index contributed by atoms with van der Waals surface area (Å²) in [5.41, 5.74) is -0.256. The van der Waals surface area contributed by atoms with Crippen molar-refractivity contribution in [3.8, 4) is 0 Å². The van der Waals surface area contributed by atoms with E-state index in [4.69, 9.17) is 16.3 Å². The van der Waals surface area contributed by atoms with Crippen molar-refractivity contribution in [1.29, 1.82) is 0 Å². The molecular weight excluding hydrogens is 394 g/mol. The molecule has 156 valence electrons. The number of nitrogens with zero attached hydrogens (tertiary/aromatic N) is 1. The molecule has 0 radical (unpaired) electrons. The predicted molar refractivity (Wildman–Crippen MR) is 108 cm³/mol. The number of ketones is 1. The summed E-state index contributed by atoms with van der Waals surface area (Å²) in [6.07, 6.45) is -0.442. The van der Waals surface area contributed by atoms with Crippen molar-refractivity contribution in [1.82, 2.24) is 4.90 Å². The number of piperidine rings is 1. The van der Waals surface area contributed by atoms with Crippen LogP contribution in [0.25, 0.3) is 0 Å². The largest absolute Gasteiger partial charge is 0.507 e. The molecule has 1 saturated heterocycles. The first-order chi connectivity index (χ1) is 13.7. The van der Waals surface area contributed by atoms with Crippen LogP contribution in [0, 0.1) is 11.3 Å². The number of likely N-dealkylation sites (N-methyl/N-ethyl adjacent to an activating group) is 1. The number of allylic oxidation sites excluding steroid dienone is 1. The smallest absolute Gasteiger partial charge is 0.174 e. The van der Waals surface area contributed by atoms with E-state index in [9.17, 15) is 20.1 Å². The molecule has 5 atom stereocenters. The average Bonchev–Trinajstić information content (AvgIpc) is 2.66. The standard InChI is InChI=1S/C22H26ClNO5/c1-22(13-7-8-24(2)11-17(13)27)19(28)10-16(26)20-15(25)9-18(29-21(20)22)12-5-3-4-6-14(12)23/h3-6,10,13,17-19,26-28H,7-9,11H2,1-2H3/t13-,17+,18?,19?,22?/m0/s1. The fraction of sp³-hybridized carbons (Fsp3) is 0.500. The minimum atomic E-state index is -1.10. The zero-order valence-electron chi connectivity index (χ0n) is 16.5. The molecule has 3 unspecified atom stereocenters. The van der Waals surface area contributed by atoms with Gasteiger partial charge in [0.25, 0.3) is 0 Å². The van der Waals surface area contributed by atoms with E-state index in [0.29, 0.717) is 23.6 Å². The van der Waals surface area contributed by atoms with Gasteiger partial charge in [0.2, 0.25) is 0 Å². The molecule has 3 aliphatic rings. The molecule has 1 aromatic carbocycles. The van der Waals surface area contributed by atoms with Gasteiger partial charge in [-0.15, -0.1) is 0 Å². The van der Waals surface area contributed by atoms with Crippen LogP contribution in [-0.4, -0.2) is 58.3 Å². The SMILES string of the molecule is CN1CC[C@H](C2(C)C3=C(C(=O)CC(c4ccccc4Cl)O3)C(O)=CC2O)[C@H](O)C1. The predicted octanol–water partition coefficient (Wildman–Crippen LogP) is 2.76. The van der Waals surface area contributed by atoms with Crippen molar-refractivity contribution in [3.05, 3.63) is 58.0 Å². The molecule has 0 aromatic heterocycles. The first kappa shape index (κ1) is 20.4. The molecule has 29 heavy (non-hydrogen) atoms. The summed E-state index contributed by atoms with van der Waals surface area (Å²) < 4.78 is 6.30. The molecular formula is C22H26ClNO5. The quantitative estimate of drug-likeness (QED) is 0.683. The second kappa shape index (κ2) is 7.43. The number of likely N-dealkylation sites (tertiary alicyclic amines) is 1. The number of ether oxygens (including phenoxy) is 1. The zero-order valence-corrected chi connectivity index (χ0v) is 17.3. The highest BCUT2D eigenvalue weighted by molar-refractivity contribution is 6.31. The maximum atomic E-state index is 13.0. The molecule has 1 aliphatic carbocycles. The molecule has 0 bridgehead atoms. The van der Waals surface area contributed by atoms with Crippen molar-refractivity contribution >= 4 is 17.4 Å². The van der Waals surface area contributed by atoms with Gasteiger partial charge in [-0.3, -0.25) is 4.79 Å². The second-order valence-corrected chi connectivity index (χ2v) is 8.87. The van der Waals surface area contributed by atoms with Crippen LogP contribution >= 0.6 is 11.6 Å². The summed E-state index contributed by atoms with van der Waals surface area (Å²) in [6, 6.07) is 7.18. The van der Waals surface area contributed by atoms with Crippen LogP contribution in [0.4, 0.5) is 0 Å². The monoisotopic (exact) mass is 419 g/mol. The lowest BCUT2D eigenvalue weighted by Gasteiger charge is -2.50. The van der Waals surface area contributed by atoms with Crippen LogP contribution in [0.3, 0.4) is 0 Å². The van der Waals surface area contributed by atoms with E-state index in [0.717, 1.165) is 6.54 Å². The number of halogens is 1. The Bertz CT molecular complexity index is 897. The highest BCUT2D eigenvalue weighted by atomic mass is 35.5. The van der Waals surface area contributed by atoms with Gasteiger partial charge in [0.1, 0.15) is 17.6 Å². The van der Waals surface area contributed by atoms with Gasteiger partial charge < -0.3 is 25.0 Å². The third-order valence-electron chi connectivity index (χ3n) is 6.62. The van der Waals surface area contributed by atoms with E-state index in [2.05, 4.69) is 0 Å². The van der Waals surface area contributed by atoms with Gasteiger partial charge in [0.05, 0.1) is 29.6 Å². The third-order valence-corrected chi connectivity index (χ3v) is 6.96. The Morgan fingerprint density at radius 3 is 2.69 bits per heavy atom. The number of hydrogen-bond donors (Lipinski definition) is 3. The fourth-order valence-electron chi connectivity index (χ4n) is 4.92. The Morgan fingerprint density at radius 1 is 1.28 bits per heavy atom. The number of β-amino-alcohol motifs (C(OH)–C–C–N with tert-alkyl or cyclic N) is 1. The zero-order chi connectivity index (χ0) is 20.9. The Balaban J connectivity index is 1.79. The summed E-state index contributed by atoms with van der Waals surface area (Å²) in [6.45, 7) is 3.02. The topological polar surface area (TPSA) is 90.2 Å². The molecule has 0 spiro atoms. The van der Waals surface area contributed by atoms with E-state index in [1.165, 1.54) is 6.08 Å². The summed E-state index contributed by atoms with van der Waals surface area (Å²) in [5, 5.41) is 32.7. The van der Waals surface area contributed by atoms with Crippen LogP contribution in [0.5, 0.6) is 0 Å². The van der Waals surface area contributed by atoms with Crippen molar-refractivity contribution in [2.24, 2.45) is 11.3 Å². The lowest BCUT2D eigenvalue weighted by atomic mass is 9.62. The molecule has 0 saturated carbocycles. The molecule has 7 heteroatoms. The highest BCUT2D eigenvalue weighted by Crippen LogP contribution is 2.53. The molecule has 1 fully saturated rings. The first-order valence-electron chi connectivity index (χ1n) is 9.88. The number of aliphatic hydroxyl groups is 3. The highest BCUT2D eigenvalue weighted by Gasteiger charge is 2.54. The molecule has 3 N–H and O–H groups in total. The van der Waals surface area contributed by atoms with Crippen molar-refractivity contribution in [3.63, 3.8) is 0 Å². The number of aliphatic hydroxyl groups excluding tert-OH is 3. The van der Waals surface area contributed by atoms with Gasteiger partial charge in [-0.25, -0.2) is 0 Å². The van der Waals surface area contributed by atoms with Crippen LogP contribution in [0.2, 0.25) is 5.02 Å². The van der Waals surface area contributed by atoms with Gasteiger partial charge in [-0.2, -0.15) is 0 Å². The Hall–Kier alpha value is -1.86. The van der Waals surface area contributed by atoms with Gasteiger partial charge in [0.15, 0.2) is 5.78 Å². The van der Waals surface area contributed by atoms with Gasteiger partial charge >= 0.3 is 0 Å². The summed E-state index contributed by atoms with van der Waals surface area (Å²) in [7, 11) is 1.93. The van der Waals surface area contributed by atoms with Crippen molar-refractivity contribution < 1.29 is 24.9 Å². The van der Waals surface area contributed by atoms with Crippen LogP contribution in [-0.2, 0) is 9.53 Å².